The van der Waals surface area contributed by atoms with Crippen LogP contribution in [0.5, 0.6) is 0 Å². The minimum Gasteiger partial charge on any atom is -0.324 e. The average Bonchev–Trinajstić information content (AvgIpc) is 2.17. The van der Waals surface area contributed by atoms with Gasteiger partial charge in [-0.1, -0.05) is 26.7 Å². The fraction of sp³-hybridized carbons (Fsp3) is 0.615. The van der Waals surface area contributed by atoms with E-state index in [1.165, 1.54) is 24.0 Å². The van der Waals surface area contributed by atoms with Crippen molar-refractivity contribution in [1.29, 1.82) is 0 Å². The molecule has 1 aromatic heterocycles. The number of aryl methyl sites for hydroxylation is 1. The fourth-order valence-corrected chi connectivity index (χ4v) is 1.77. The molecule has 84 valence electrons. The lowest BCUT2D eigenvalue weighted by Crippen LogP contribution is -2.12. The lowest BCUT2D eigenvalue weighted by Gasteiger charge is -2.14. The quantitative estimate of drug-likeness (QED) is 0.803. The Morgan fingerprint density at radius 3 is 2.67 bits per heavy atom. The molecule has 0 fully saturated rings. The molecule has 15 heavy (non-hydrogen) atoms. The van der Waals surface area contributed by atoms with Crippen LogP contribution in [-0.2, 0) is 0 Å². The van der Waals surface area contributed by atoms with Gasteiger partial charge in [0, 0.05) is 18.4 Å². The topological polar surface area (TPSA) is 38.9 Å². The zero-order valence-corrected chi connectivity index (χ0v) is 10.0. The van der Waals surface area contributed by atoms with Crippen molar-refractivity contribution in [3.63, 3.8) is 0 Å². The molecule has 1 heterocycles. The van der Waals surface area contributed by atoms with Crippen molar-refractivity contribution in [2.45, 2.75) is 46.1 Å². The van der Waals surface area contributed by atoms with Gasteiger partial charge >= 0.3 is 0 Å². The van der Waals surface area contributed by atoms with Gasteiger partial charge in [-0.2, -0.15) is 0 Å². The molecule has 0 saturated carbocycles. The van der Waals surface area contributed by atoms with Crippen molar-refractivity contribution in [1.82, 2.24) is 4.98 Å². The Hall–Kier alpha value is -0.890. The Bertz CT molecular complexity index is 294. The summed E-state index contributed by atoms with van der Waals surface area (Å²) in [4.78, 5) is 4.13. The van der Waals surface area contributed by atoms with E-state index in [9.17, 15) is 0 Å². The summed E-state index contributed by atoms with van der Waals surface area (Å²) in [6.07, 6.45) is 7.24. The third-order valence-electron chi connectivity index (χ3n) is 2.78. The van der Waals surface area contributed by atoms with Crippen LogP contribution in [0, 0.1) is 12.8 Å². The Morgan fingerprint density at radius 1 is 1.33 bits per heavy atom. The first kappa shape index (κ1) is 12.2. The van der Waals surface area contributed by atoms with Gasteiger partial charge in [-0.15, -0.1) is 0 Å². The minimum atomic E-state index is 0.150. The van der Waals surface area contributed by atoms with Crippen LogP contribution in [0.1, 0.15) is 50.3 Å². The minimum absolute atomic E-state index is 0.150. The molecule has 2 heteroatoms. The van der Waals surface area contributed by atoms with Crippen LogP contribution >= 0.6 is 0 Å². The van der Waals surface area contributed by atoms with E-state index < -0.39 is 0 Å². The molecule has 1 atom stereocenters. The van der Waals surface area contributed by atoms with Crippen molar-refractivity contribution in [3.05, 3.63) is 29.6 Å². The van der Waals surface area contributed by atoms with Gasteiger partial charge in [-0.05, 0) is 36.5 Å². The standard InChI is InChI=1S/C13H22N2/c1-10(2)5-4-6-13(14)12-9-15-8-7-11(12)3/h7-10,13H,4-6,14H2,1-3H3. The second-order valence-electron chi connectivity index (χ2n) is 4.66. The van der Waals surface area contributed by atoms with E-state index in [1.54, 1.807) is 0 Å². The van der Waals surface area contributed by atoms with E-state index in [-0.39, 0.29) is 6.04 Å². The maximum absolute atomic E-state index is 6.14. The zero-order chi connectivity index (χ0) is 11.3. The van der Waals surface area contributed by atoms with Gasteiger partial charge in [-0.25, -0.2) is 0 Å². The Balaban J connectivity index is 2.47. The van der Waals surface area contributed by atoms with Gasteiger partial charge in [0.1, 0.15) is 0 Å². The highest BCUT2D eigenvalue weighted by molar-refractivity contribution is 5.24. The van der Waals surface area contributed by atoms with E-state index in [1.807, 2.05) is 18.5 Å². The first-order valence-electron chi connectivity index (χ1n) is 5.77. The summed E-state index contributed by atoms with van der Waals surface area (Å²) in [5.41, 5.74) is 8.59. The zero-order valence-electron chi connectivity index (χ0n) is 10.0. The second-order valence-corrected chi connectivity index (χ2v) is 4.66. The van der Waals surface area contributed by atoms with Gasteiger partial charge in [0.05, 0.1) is 0 Å². The van der Waals surface area contributed by atoms with Gasteiger partial charge in [-0.3, -0.25) is 4.98 Å². The lowest BCUT2D eigenvalue weighted by molar-refractivity contribution is 0.504. The van der Waals surface area contributed by atoms with Crippen LogP contribution in [-0.4, -0.2) is 4.98 Å². The number of pyridine rings is 1. The highest BCUT2D eigenvalue weighted by atomic mass is 14.7. The number of nitrogens with two attached hydrogens (primary N) is 1. The lowest BCUT2D eigenvalue weighted by atomic mass is 9.97. The van der Waals surface area contributed by atoms with Crippen molar-refractivity contribution in [3.8, 4) is 0 Å². The van der Waals surface area contributed by atoms with Crippen LogP contribution in [0.3, 0.4) is 0 Å². The van der Waals surface area contributed by atoms with E-state index in [0.717, 1.165) is 12.3 Å². The van der Waals surface area contributed by atoms with Gasteiger partial charge < -0.3 is 5.73 Å². The molecule has 1 aromatic rings. The summed E-state index contributed by atoms with van der Waals surface area (Å²) < 4.78 is 0. The molecule has 1 rings (SSSR count). The molecule has 0 aliphatic heterocycles. The number of aromatic nitrogens is 1. The predicted octanol–water partition coefficient (Wildman–Crippen LogP) is 3.22. The number of hydrogen-bond acceptors (Lipinski definition) is 2. The van der Waals surface area contributed by atoms with E-state index >= 15 is 0 Å². The van der Waals surface area contributed by atoms with Crippen LogP contribution in [0.25, 0.3) is 0 Å². The SMILES string of the molecule is Cc1ccncc1C(N)CCCC(C)C. The normalized spacial score (nSPS) is 13.1. The summed E-state index contributed by atoms with van der Waals surface area (Å²) in [7, 11) is 0. The molecule has 0 aliphatic carbocycles. The van der Waals surface area contributed by atoms with Crippen LogP contribution in [0.15, 0.2) is 18.5 Å². The average molecular weight is 206 g/mol. The van der Waals surface area contributed by atoms with Crippen LogP contribution in [0.2, 0.25) is 0 Å². The van der Waals surface area contributed by atoms with Crippen molar-refractivity contribution >= 4 is 0 Å². The molecule has 0 aliphatic rings. The molecule has 0 spiro atoms. The first-order valence-corrected chi connectivity index (χ1v) is 5.77. The smallest absolute Gasteiger partial charge is 0.0318 e. The number of hydrogen-bond donors (Lipinski definition) is 1. The molecular formula is C13H22N2. The molecule has 0 radical (unpaired) electrons. The third-order valence-corrected chi connectivity index (χ3v) is 2.78. The van der Waals surface area contributed by atoms with E-state index in [2.05, 4.69) is 25.8 Å². The summed E-state index contributed by atoms with van der Waals surface area (Å²) >= 11 is 0. The van der Waals surface area contributed by atoms with Crippen LogP contribution in [0.4, 0.5) is 0 Å². The number of nitrogens with zero attached hydrogens (tertiary/aromatic N) is 1. The predicted molar refractivity (Wildman–Crippen MR) is 64.6 cm³/mol. The Morgan fingerprint density at radius 2 is 2.07 bits per heavy atom. The molecule has 0 saturated heterocycles. The summed E-state index contributed by atoms with van der Waals surface area (Å²) in [5, 5.41) is 0. The Labute approximate surface area is 92.9 Å². The maximum atomic E-state index is 6.14. The first-order chi connectivity index (χ1) is 7.11. The van der Waals surface area contributed by atoms with E-state index in [0.29, 0.717) is 0 Å². The summed E-state index contributed by atoms with van der Waals surface area (Å²) in [5.74, 6) is 0.771. The van der Waals surface area contributed by atoms with Gasteiger partial charge in [0.15, 0.2) is 0 Å². The Kier molecular flexibility index (Phi) is 4.76. The highest BCUT2D eigenvalue weighted by Gasteiger charge is 2.08. The monoisotopic (exact) mass is 206 g/mol. The van der Waals surface area contributed by atoms with Crippen molar-refractivity contribution in [2.24, 2.45) is 11.7 Å². The van der Waals surface area contributed by atoms with Crippen LogP contribution < -0.4 is 5.73 Å². The maximum Gasteiger partial charge on any atom is 0.0318 e. The number of rotatable bonds is 5. The van der Waals surface area contributed by atoms with Gasteiger partial charge in [0.25, 0.3) is 0 Å². The fourth-order valence-electron chi connectivity index (χ4n) is 1.77. The second kappa shape index (κ2) is 5.86. The highest BCUT2D eigenvalue weighted by Crippen LogP contribution is 2.20. The van der Waals surface area contributed by atoms with Crippen molar-refractivity contribution in [2.75, 3.05) is 0 Å². The molecule has 0 amide bonds. The molecular weight excluding hydrogens is 184 g/mol. The third kappa shape index (κ3) is 4.00. The summed E-state index contributed by atoms with van der Waals surface area (Å²) in [6, 6.07) is 2.18. The molecule has 1 unspecified atom stereocenters. The summed E-state index contributed by atoms with van der Waals surface area (Å²) in [6.45, 7) is 6.60. The molecule has 0 aromatic carbocycles. The molecule has 2 nitrogen and oxygen atoms in total. The molecule has 2 N–H and O–H groups in total. The molecule has 0 bridgehead atoms. The van der Waals surface area contributed by atoms with Crippen molar-refractivity contribution < 1.29 is 0 Å². The van der Waals surface area contributed by atoms with E-state index in [4.69, 9.17) is 5.73 Å². The largest absolute Gasteiger partial charge is 0.324 e. The van der Waals surface area contributed by atoms with Gasteiger partial charge in [0.2, 0.25) is 0 Å².